The zero-order valence-corrected chi connectivity index (χ0v) is 13.0. The van der Waals surface area contributed by atoms with Crippen LogP contribution >= 0.6 is 0 Å². The van der Waals surface area contributed by atoms with E-state index in [1.807, 2.05) is 0 Å². The van der Waals surface area contributed by atoms with Gasteiger partial charge in [0.1, 0.15) is 11.5 Å². The van der Waals surface area contributed by atoms with Gasteiger partial charge in [0.25, 0.3) is 5.69 Å². The number of rotatable bonds is 6. The zero-order chi connectivity index (χ0) is 17.7. The maximum Gasteiger partial charge on any atom is 0.266 e. The van der Waals surface area contributed by atoms with Gasteiger partial charge in [-0.1, -0.05) is 18.2 Å². The van der Waals surface area contributed by atoms with E-state index in [0.29, 0.717) is 16.9 Å². The minimum absolute atomic E-state index is 0.155. The average molecular weight is 328 g/mol. The number of ether oxygens (including phenoxy) is 2. The minimum atomic E-state index is -0.807. The lowest BCUT2D eigenvalue weighted by atomic mass is 10.1. The molecule has 124 valence electrons. The Labute approximate surface area is 137 Å². The molecule has 7 nitrogen and oxygen atoms in total. The predicted octanol–water partition coefficient (Wildman–Crippen LogP) is 2.58. The maximum absolute atomic E-state index is 12.2. The summed E-state index contributed by atoms with van der Waals surface area (Å²) in [5, 5.41) is 22.7. The molecule has 0 aliphatic rings. The topological polar surface area (TPSA) is 102 Å². The summed E-state index contributed by atoms with van der Waals surface area (Å²) >= 11 is 0. The van der Waals surface area contributed by atoms with Gasteiger partial charge < -0.3 is 14.6 Å². The average Bonchev–Trinajstić information content (AvgIpc) is 2.60. The normalized spacial score (nSPS) is 10.6. The van der Waals surface area contributed by atoms with Crippen molar-refractivity contribution < 1.29 is 24.3 Å². The molecular weight excluding hydrogens is 314 g/mol. The van der Waals surface area contributed by atoms with Crippen molar-refractivity contribution in [1.82, 2.24) is 0 Å². The molecular formula is C17H14NO6-. The number of ketones is 1. The Morgan fingerprint density at radius 2 is 1.92 bits per heavy atom. The largest absolute Gasteiger partial charge is 0.865 e. The molecule has 0 bridgehead atoms. The van der Waals surface area contributed by atoms with Crippen molar-refractivity contribution in [1.29, 1.82) is 0 Å². The third-order valence-corrected chi connectivity index (χ3v) is 3.26. The van der Waals surface area contributed by atoms with Gasteiger partial charge in [-0.2, -0.15) is 0 Å². The van der Waals surface area contributed by atoms with Gasteiger partial charge in [0, 0.05) is 17.4 Å². The summed E-state index contributed by atoms with van der Waals surface area (Å²) in [6.07, 6.45) is 2.65. The molecule has 0 fully saturated rings. The summed E-state index contributed by atoms with van der Waals surface area (Å²) in [6, 6.07) is 9.03. The van der Waals surface area contributed by atoms with Crippen molar-refractivity contribution in [2.45, 2.75) is 0 Å². The van der Waals surface area contributed by atoms with Crippen molar-refractivity contribution in [3.8, 4) is 17.2 Å². The molecule has 0 heterocycles. The van der Waals surface area contributed by atoms with Crippen LogP contribution in [0.25, 0.3) is 6.08 Å². The first-order chi connectivity index (χ1) is 11.5. The molecule has 24 heavy (non-hydrogen) atoms. The van der Waals surface area contributed by atoms with Crippen molar-refractivity contribution in [2.24, 2.45) is 0 Å². The van der Waals surface area contributed by atoms with Crippen LogP contribution in [0.3, 0.4) is 0 Å². The van der Waals surface area contributed by atoms with E-state index in [1.54, 1.807) is 24.3 Å². The molecule has 0 aromatic heterocycles. The van der Waals surface area contributed by atoms with Crippen LogP contribution in [0.5, 0.6) is 17.2 Å². The number of methoxy groups -OCH3 is 2. The summed E-state index contributed by atoms with van der Waals surface area (Å²) in [4.78, 5) is 22.3. The molecule has 0 aliphatic carbocycles. The fourth-order valence-electron chi connectivity index (χ4n) is 2.04. The molecule has 0 saturated carbocycles. The maximum atomic E-state index is 12.2. The van der Waals surface area contributed by atoms with Crippen molar-refractivity contribution in [3.05, 3.63) is 63.7 Å². The van der Waals surface area contributed by atoms with E-state index >= 15 is 0 Å². The Morgan fingerprint density at radius 1 is 1.17 bits per heavy atom. The molecule has 0 radical (unpaired) electrons. The highest BCUT2D eigenvalue weighted by molar-refractivity contribution is 6.07. The standard InChI is InChI=1S/C17H15NO6/c1-23-13-5-3-4-12(10-13)15(19)7-6-11-8-14(18(21)22)17(20)16(9-11)24-2/h3-10,20H,1-2H3/p-1/b7-6+. The quantitative estimate of drug-likeness (QED) is 0.349. The molecule has 0 unspecified atom stereocenters. The summed E-state index contributed by atoms with van der Waals surface area (Å²) in [5.41, 5.74) is 0.115. The van der Waals surface area contributed by atoms with E-state index in [4.69, 9.17) is 9.47 Å². The summed E-state index contributed by atoms with van der Waals surface area (Å²) in [5.74, 6) is -0.722. The molecule has 0 aliphatic heterocycles. The van der Waals surface area contributed by atoms with E-state index < -0.39 is 16.4 Å². The van der Waals surface area contributed by atoms with E-state index in [2.05, 4.69) is 0 Å². The first-order valence-corrected chi connectivity index (χ1v) is 6.86. The van der Waals surface area contributed by atoms with Crippen LogP contribution in [-0.2, 0) is 0 Å². The summed E-state index contributed by atoms with van der Waals surface area (Å²) < 4.78 is 9.90. The minimum Gasteiger partial charge on any atom is -0.865 e. The van der Waals surface area contributed by atoms with Crippen LogP contribution in [0.15, 0.2) is 42.5 Å². The fraction of sp³-hybridized carbons (Fsp3) is 0.118. The van der Waals surface area contributed by atoms with Gasteiger partial charge in [-0.25, -0.2) is 0 Å². The highest BCUT2D eigenvalue weighted by Crippen LogP contribution is 2.34. The Hall–Kier alpha value is -3.35. The molecule has 0 atom stereocenters. The first-order valence-electron chi connectivity index (χ1n) is 6.86. The molecule has 0 saturated heterocycles. The summed E-state index contributed by atoms with van der Waals surface area (Å²) in [6.45, 7) is 0. The van der Waals surface area contributed by atoms with Crippen molar-refractivity contribution in [3.63, 3.8) is 0 Å². The molecule has 0 N–H and O–H groups in total. The lowest BCUT2D eigenvalue weighted by molar-refractivity contribution is -0.398. The third kappa shape index (κ3) is 3.70. The van der Waals surface area contributed by atoms with Crippen molar-refractivity contribution >= 4 is 17.5 Å². The SMILES string of the molecule is COc1cccc(C(=O)/C=C/c2cc(OC)c([O-])c([N+](=O)[O-])c2)c1. The number of nitro benzene ring substituents is 1. The van der Waals surface area contributed by atoms with E-state index in [0.717, 1.165) is 6.07 Å². The van der Waals surface area contributed by atoms with Crippen LogP contribution in [-0.4, -0.2) is 24.9 Å². The fourth-order valence-corrected chi connectivity index (χ4v) is 2.04. The van der Waals surface area contributed by atoms with Gasteiger partial charge in [-0.15, -0.1) is 0 Å². The highest BCUT2D eigenvalue weighted by Gasteiger charge is 2.12. The Bertz CT molecular complexity index is 813. The number of carbonyl (C=O) groups excluding carboxylic acids is 1. The smallest absolute Gasteiger partial charge is 0.266 e. The Balaban J connectivity index is 2.32. The van der Waals surface area contributed by atoms with Gasteiger partial charge in [0.15, 0.2) is 5.78 Å². The van der Waals surface area contributed by atoms with Gasteiger partial charge in [-0.05, 0) is 29.8 Å². The van der Waals surface area contributed by atoms with E-state index in [-0.39, 0.29) is 11.5 Å². The lowest BCUT2D eigenvalue weighted by Gasteiger charge is -2.13. The molecule has 2 aromatic carbocycles. The van der Waals surface area contributed by atoms with Crippen LogP contribution in [0.4, 0.5) is 5.69 Å². The number of carbonyl (C=O) groups is 1. The van der Waals surface area contributed by atoms with Crippen LogP contribution in [0.1, 0.15) is 15.9 Å². The molecule has 2 rings (SSSR count). The third-order valence-electron chi connectivity index (χ3n) is 3.26. The van der Waals surface area contributed by atoms with Crippen molar-refractivity contribution in [2.75, 3.05) is 14.2 Å². The summed E-state index contributed by atoms with van der Waals surface area (Å²) in [7, 11) is 2.74. The predicted molar refractivity (Wildman–Crippen MR) is 85.5 cm³/mol. The number of nitrogens with zero attached hydrogens (tertiary/aromatic N) is 1. The highest BCUT2D eigenvalue weighted by atomic mass is 16.6. The zero-order valence-electron chi connectivity index (χ0n) is 13.0. The second-order valence-electron chi connectivity index (χ2n) is 4.76. The number of hydrogen-bond acceptors (Lipinski definition) is 6. The van der Waals surface area contributed by atoms with E-state index in [1.165, 1.54) is 32.4 Å². The Morgan fingerprint density at radius 3 is 2.54 bits per heavy atom. The Kier molecular flexibility index (Phi) is 5.16. The van der Waals surface area contributed by atoms with E-state index in [9.17, 15) is 20.0 Å². The number of allylic oxidation sites excluding steroid dienone is 1. The first kappa shape index (κ1) is 17.0. The second kappa shape index (κ2) is 7.28. The van der Waals surface area contributed by atoms with Gasteiger partial charge in [0.05, 0.1) is 19.1 Å². The van der Waals surface area contributed by atoms with Crippen LogP contribution < -0.4 is 14.6 Å². The number of hydrogen-bond donors (Lipinski definition) is 0. The monoisotopic (exact) mass is 328 g/mol. The van der Waals surface area contributed by atoms with Crippen LogP contribution in [0, 0.1) is 10.1 Å². The van der Waals surface area contributed by atoms with Crippen LogP contribution in [0.2, 0.25) is 0 Å². The van der Waals surface area contributed by atoms with Gasteiger partial charge in [-0.3, -0.25) is 14.9 Å². The molecule has 0 spiro atoms. The molecule has 7 heteroatoms. The number of nitro groups is 1. The lowest BCUT2D eigenvalue weighted by Crippen LogP contribution is -2.01. The van der Waals surface area contributed by atoms with Gasteiger partial charge >= 0.3 is 0 Å². The van der Waals surface area contributed by atoms with Gasteiger partial charge in [0.2, 0.25) is 0 Å². The number of benzene rings is 2. The molecule has 2 aromatic rings. The molecule has 0 amide bonds. The second-order valence-corrected chi connectivity index (χ2v) is 4.76.